The zero-order valence-electron chi connectivity index (χ0n) is 21.1. The van der Waals surface area contributed by atoms with Crippen LogP contribution in [0.3, 0.4) is 0 Å². The van der Waals surface area contributed by atoms with Crippen molar-refractivity contribution in [3.05, 3.63) is 83.7 Å². The molecule has 4 rings (SSSR count). The second kappa shape index (κ2) is 12.0. The first-order valence-corrected chi connectivity index (χ1v) is 12.4. The van der Waals surface area contributed by atoms with Gasteiger partial charge in [-0.15, -0.1) is 0 Å². The number of pyridine rings is 1. The van der Waals surface area contributed by atoms with E-state index in [-0.39, 0.29) is 0 Å². The van der Waals surface area contributed by atoms with E-state index in [4.69, 9.17) is 9.47 Å². The zero-order chi connectivity index (χ0) is 24.6. The summed E-state index contributed by atoms with van der Waals surface area (Å²) in [6, 6.07) is 18.5. The Bertz CT molecular complexity index is 1070. The maximum absolute atomic E-state index is 10.4. The van der Waals surface area contributed by atoms with Crippen molar-refractivity contribution in [1.82, 2.24) is 14.8 Å². The Labute approximate surface area is 209 Å². The number of aromatic hydroxyl groups is 1. The van der Waals surface area contributed by atoms with E-state index in [1.54, 1.807) is 20.3 Å². The second-order valence-electron chi connectivity index (χ2n) is 9.47. The number of nitrogens with zero attached hydrogens (tertiary/aromatic N) is 3. The summed E-state index contributed by atoms with van der Waals surface area (Å²) in [6.07, 6.45) is 6.99. The van der Waals surface area contributed by atoms with Crippen molar-refractivity contribution in [2.45, 2.75) is 38.4 Å². The maximum Gasteiger partial charge on any atom is 0.127 e. The van der Waals surface area contributed by atoms with Crippen LogP contribution in [0.5, 0.6) is 17.2 Å². The number of likely N-dealkylation sites (N-methyl/N-ethyl adjacent to an activating group) is 1. The Morgan fingerprint density at radius 1 is 1.03 bits per heavy atom. The number of phenols is 1. The highest BCUT2D eigenvalue weighted by Gasteiger charge is 2.30. The van der Waals surface area contributed by atoms with Gasteiger partial charge in [-0.25, -0.2) is 0 Å². The van der Waals surface area contributed by atoms with Gasteiger partial charge in [-0.05, 0) is 86.8 Å². The largest absolute Gasteiger partial charge is 0.507 e. The molecule has 1 aromatic heterocycles. The predicted octanol–water partition coefficient (Wildman–Crippen LogP) is 4.76. The van der Waals surface area contributed by atoms with E-state index in [0.717, 1.165) is 56.0 Å². The number of ether oxygens (including phenoxy) is 2. The molecule has 186 valence electrons. The molecule has 1 saturated heterocycles. The highest BCUT2D eigenvalue weighted by molar-refractivity contribution is 5.43. The molecule has 35 heavy (non-hydrogen) atoms. The van der Waals surface area contributed by atoms with Crippen LogP contribution in [-0.4, -0.2) is 60.3 Å². The standard InChI is InChI=1S/C29H37N3O3/c1-31(20-23-8-6-14-30-19-23)27(18-22-7-4-9-25(17-22)34-2)24-12-15-32(16-13-24)21-26-28(33)10-5-11-29(26)35-3/h4-11,14,17,19,24,27,33H,12-13,15-16,18,20-21H2,1-3H3. The van der Waals surface area contributed by atoms with Crippen LogP contribution < -0.4 is 9.47 Å². The molecule has 0 bridgehead atoms. The summed E-state index contributed by atoms with van der Waals surface area (Å²) >= 11 is 0. The van der Waals surface area contributed by atoms with Crippen molar-refractivity contribution in [2.75, 3.05) is 34.4 Å². The van der Waals surface area contributed by atoms with Crippen molar-refractivity contribution >= 4 is 0 Å². The summed E-state index contributed by atoms with van der Waals surface area (Å²) in [5, 5.41) is 10.4. The molecule has 1 aliphatic rings. The number of aromatic nitrogens is 1. The van der Waals surface area contributed by atoms with Crippen molar-refractivity contribution in [3.63, 3.8) is 0 Å². The van der Waals surface area contributed by atoms with E-state index in [1.165, 1.54) is 11.1 Å². The fraction of sp³-hybridized carbons (Fsp3) is 0.414. The number of likely N-dealkylation sites (tertiary alicyclic amines) is 1. The fourth-order valence-corrected chi connectivity index (χ4v) is 5.24. The van der Waals surface area contributed by atoms with E-state index in [2.05, 4.69) is 46.1 Å². The summed E-state index contributed by atoms with van der Waals surface area (Å²) in [6.45, 7) is 3.57. The summed E-state index contributed by atoms with van der Waals surface area (Å²) in [5.74, 6) is 2.53. The normalized spacial score (nSPS) is 15.8. The van der Waals surface area contributed by atoms with Crippen LogP contribution in [0.1, 0.15) is 29.5 Å². The quantitative estimate of drug-likeness (QED) is 0.456. The first kappa shape index (κ1) is 25.0. The summed E-state index contributed by atoms with van der Waals surface area (Å²) in [7, 11) is 5.61. The van der Waals surface area contributed by atoms with Gasteiger partial charge in [0.2, 0.25) is 0 Å². The van der Waals surface area contributed by atoms with Crippen LogP contribution in [0.4, 0.5) is 0 Å². The smallest absolute Gasteiger partial charge is 0.127 e. The minimum absolute atomic E-state index is 0.304. The number of phenolic OH excluding ortho intramolecular Hbond substituents is 1. The van der Waals surface area contributed by atoms with Crippen LogP contribution in [0.2, 0.25) is 0 Å². The van der Waals surface area contributed by atoms with E-state index in [1.807, 2.05) is 36.7 Å². The molecule has 2 aromatic carbocycles. The molecule has 1 atom stereocenters. The highest BCUT2D eigenvalue weighted by Crippen LogP contribution is 2.32. The van der Waals surface area contributed by atoms with Gasteiger partial charge < -0.3 is 14.6 Å². The molecular weight excluding hydrogens is 438 g/mol. The Morgan fingerprint density at radius 3 is 2.51 bits per heavy atom. The topological polar surface area (TPSA) is 58.1 Å². The van der Waals surface area contributed by atoms with Crippen molar-refractivity contribution < 1.29 is 14.6 Å². The Balaban J connectivity index is 1.46. The highest BCUT2D eigenvalue weighted by atomic mass is 16.5. The van der Waals surface area contributed by atoms with Crippen molar-refractivity contribution in [2.24, 2.45) is 5.92 Å². The third kappa shape index (κ3) is 6.53. The van der Waals surface area contributed by atoms with Crippen LogP contribution in [-0.2, 0) is 19.5 Å². The van der Waals surface area contributed by atoms with E-state index < -0.39 is 0 Å². The van der Waals surface area contributed by atoms with E-state index in [9.17, 15) is 5.11 Å². The number of piperidine rings is 1. The van der Waals surface area contributed by atoms with Gasteiger partial charge in [0, 0.05) is 37.1 Å². The summed E-state index contributed by atoms with van der Waals surface area (Å²) in [5.41, 5.74) is 3.40. The Kier molecular flexibility index (Phi) is 8.61. The zero-order valence-corrected chi connectivity index (χ0v) is 21.1. The van der Waals surface area contributed by atoms with Crippen LogP contribution >= 0.6 is 0 Å². The van der Waals surface area contributed by atoms with Crippen LogP contribution in [0.25, 0.3) is 0 Å². The number of hydrogen-bond acceptors (Lipinski definition) is 6. The van der Waals surface area contributed by atoms with Gasteiger partial charge in [-0.3, -0.25) is 14.8 Å². The molecular formula is C29H37N3O3. The molecule has 1 N–H and O–H groups in total. The maximum atomic E-state index is 10.4. The molecule has 0 amide bonds. The molecule has 0 radical (unpaired) electrons. The Morgan fingerprint density at radius 2 is 1.80 bits per heavy atom. The molecule has 0 aliphatic carbocycles. The third-order valence-electron chi connectivity index (χ3n) is 7.19. The SMILES string of the molecule is COc1cccc(CC(C2CCN(Cc3c(O)cccc3OC)CC2)N(C)Cc2cccnc2)c1. The molecule has 1 unspecified atom stereocenters. The van der Waals surface area contributed by atoms with Gasteiger partial charge >= 0.3 is 0 Å². The van der Waals surface area contributed by atoms with E-state index in [0.29, 0.717) is 24.3 Å². The van der Waals surface area contributed by atoms with Gasteiger partial charge in [0.15, 0.2) is 0 Å². The van der Waals surface area contributed by atoms with Crippen molar-refractivity contribution in [1.29, 1.82) is 0 Å². The molecule has 2 heterocycles. The lowest BCUT2D eigenvalue weighted by atomic mass is 9.84. The fourth-order valence-electron chi connectivity index (χ4n) is 5.24. The molecule has 0 spiro atoms. The van der Waals surface area contributed by atoms with Gasteiger partial charge in [0.25, 0.3) is 0 Å². The lowest BCUT2D eigenvalue weighted by Gasteiger charge is -2.40. The molecule has 6 nitrogen and oxygen atoms in total. The lowest BCUT2D eigenvalue weighted by molar-refractivity contribution is 0.0946. The third-order valence-corrected chi connectivity index (χ3v) is 7.19. The average molecular weight is 476 g/mol. The molecule has 1 fully saturated rings. The monoisotopic (exact) mass is 475 g/mol. The predicted molar refractivity (Wildman–Crippen MR) is 139 cm³/mol. The minimum atomic E-state index is 0.304. The van der Waals surface area contributed by atoms with Gasteiger partial charge in [-0.2, -0.15) is 0 Å². The average Bonchev–Trinajstić information content (AvgIpc) is 2.89. The Hall–Kier alpha value is -3.09. The molecule has 1 aliphatic heterocycles. The lowest BCUT2D eigenvalue weighted by Crippen LogP contribution is -2.45. The summed E-state index contributed by atoms with van der Waals surface area (Å²) in [4.78, 5) is 9.22. The molecule has 3 aromatic rings. The van der Waals surface area contributed by atoms with E-state index >= 15 is 0 Å². The number of hydrogen-bond donors (Lipinski definition) is 1. The minimum Gasteiger partial charge on any atom is -0.507 e. The molecule has 6 heteroatoms. The van der Waals surface area contributed by atoms with Gasteiger partial charge in [-0.1, -0.05) is 24.3 Å². The van der Waals surface area contributed by atoms with Gasteiger partial charge in [0.05, 0.1) is 14.2 Å². The number of benzene rings is 2. The van der Waals surface area contributed by atoms with Crippen molar-refractivity contribution in [3.8, 4) is 17.2 Å². The number of rotatable bonds is 10. The molecule has 0 saturated carbocycles. The van der Waals surface area contributed by atoms with Crippen LogP contribution in [0.15, 0.2) is 67.0 Å². The van der Waals surface area contributed by atoms with Crippen LogP contribution in [0, 0.1) is 5.92 Å². The summed E-state index contributed by atoms with van der Waals surface area (Å²) < 4.78 is 11.0. The first-order chi connectivity index (χ1) is 17.1. The van der Waals surface area contributed by atoms with Gasteiger partial charge in [0.1, 0.15) is 17.2 Å². The second-order valence-corrected chi connectivity index (χ2v) is 9.47. The number of methoxy groups -OCH3 is 2. The first-order valence-electron chi connectivity index (χ1n) is 12.4.